The van der Waals surface area contributed by atoms with E-state index in [1.54, 1.807) is 0 Å². The molecule has 0 spiro atoms. The lowest BCUT2D eigenvalue weighted by molar-refractivity contribution is 0.214. The van der Waals surface area contributed by atoms with Crippen LogP contribution in [0.4, 0.5) is 0 Å². The molecule has 0 aliphatic rings. The van der Waals surface area contributed by atoms with Gasteiger partial charge < -0.3 is 10.5 Å². The van der Waals surface area contributed by atoms with E-state index in [0.29, 0.717) is 11.6 Å². The highest BCUT2D eigenvalue weighted by molar-refractivity contribution is 6.30. The van der Waals surface area contributed by atoms with Gasteiger partial charge in [-0.25, -0.2) is 0 Å². The third-order valence-electron chi connectivity index (χ3n) is 2.70. The molecule has 1 unspecified atom stereocenters. The monoisotopic (exact) mass is 261 g/mol. The number of hydrogen-bond acceptors (Lipinski definition) is 2. The molecule has 0 amide bonds. The van der Waals surface area contributed by atoms with Crippen LogP contribution in [0, 0.1) is 6.92 Å². The van der Waals surface area contributed by atoms with Gasteiger partial charge in [-0.2, -0.15) is 0 Å². The molecule has 0 fully saturated rings. The molecule has 0 saturated carbocycles. The predicted molar refractivity (Wildman–Crippen MR) is 75.1 cm³/mol. The van der Waals surface area contributed by atoms with Gasteiger partial charge in [-0.3, -0.25) is 0 Å². The van der Waals surface area contributed by atoms with E-state index in [2.05, 4.69) is 0 Å². The smallest absolute Gasteiger partial charge is 0.136 e. The molecule has 2 N–H and O–H groups in total. The Balaban J connectivity index is 2.19. The lowest BCUT2D eigenvalue weighted by Gasteiger charge is -2.18. The molecule has 2 aromatic carbocycles. The normalized spacial score (nSPS) is 12.2. The van der Waals surface area contributed by atoms with Crippen molar-refractivity contribution >= 4 is 11.6 Å². The first-order valence-corrected chi connectivity index (χ1v) is 6.25. The molecule has 3 heteroatoms. The Morgan fingerprint density at radius 1 is 1.17 bits per heavy atom. The van der Waals surface area contributed by atoms with Crippen LogP contribution in [0.2, 0.25) is 5.02 Å². The Hall–Kier alpha value is -1.51. The first-order valence-electron chi connectivity index (χ1n) is 5.88. The van der Waals surface area contributed by atoms with E-state index in [4.69, 9.17) is 22.1 Å². The fourth-order valence-corrected chi connectivity index (χ4v) is 2.01. The maximum Gasteiger partial charge on any atom is 0.136 e. The van der Waals surface area contributed by atoms with Gasteiger partial charge in [-0.05, 0) is 42.3 Å². The fourth-order valence-electron chi connectivity index (χ4n) is 1.81. The summed E-state index contributed by atoms with van der Waals surface area (Å²) in [6.07, 6.45) is -0.175. The quantitative estimate of drug-likeness (QED) is 0.910. The maximum absolute atomic E-state index is 5.98. The Morgan fingerprint density at radius 3 is 2.61 bits per heavy atom. The van der Waals surface area contributed by atoms with Crippen molar-refractivity contribution < 1.29 is 4.74 Å². The lowest BCUT2D eigenvalue weighted by atomic mass is 10.1. The number of hydrogen-bond donors (Lipinski definition) is 1. The van der Waals surface area contributed by atoms with E-state index < -0.39 is 0 Å². The summed E-state index contributed by atoms with van der Waals surface area (Å²) < 4.78 is 5.90. The molecule has 0 heterocycles. The number of nitrogens with two attached hydrogens (primary N) is 1. The number of ether oxygens (including phenoxy) is 1. The first-order chi connectivity index (χ1) is 8.69. The van der Waals surface area contributed by atoms with Crippen LogP contribution in [0.5, 0.6) is 5.75 Å². The minimum atomic E-state index is -0.175. The molecule has 1 atom stereocenters. The van der Waals surface area contributed by atoms with Gasteiger partial charge in [0.05, 0.1) is 0 Å². The summed E-state index contributed by atoms with van der Waals surface area (Å²) in [5.41, 5.74) is 7.93. The average molecular weight is 262 g/mol. The van der Waals surface area contributed by atoms with Crippen LogP contribution in [0.3, 0.4) is 0 Å². The zero-order valence-corrected chi connectivity index (χ0v) is 11.0. The van der Waals surface area contributed by atoms with Crippen LogP contribution in [-0.2, 0) is 0 Å². The van der Waals surface area contributed by atoms with E-state index in [-0.39, 0.29) is 6.10 Å². The molecule has 0 bridgehead atoms. The van der Waals surface area contributed by atoms with Crippen LogP contribution >= 0.6 is 11.6 Å². The summed E-state index contributed by atoms with van der Waals surface area (Å²) in [4.78, 5) is 0. The molecule has 2 nitrogen and oxygen atoms in total. The minimum Gasteiger partial charge on any atom is -0.484 e. The Morgan fingerprint density at radius 2 is 1.94 bits per heavy atom. The topological polar surface area (TPSA) is 35.2 Å². The number of aryl methyl sites for hydroxylation is 1. The van der Waals surface area contributed by atoms with Crippen molar-refractivity contribution in [2.24, 2.45) is 5.73 Å². The highest BCUT2D eigenvalue weighted by atomic mass is 35.5. The van der Waals surface area contributed by atoms with Crippen molar-refractivity contribution in [1.82, 2.24) is 0 Å². The summed E-state index contributed by atoms with van der Waals surface area (Å²) in [6.45, 7) is 2.44. The summed E-state index contributed by atoms with van der Waals surface area (Å²) in [6, 6.07) is 15.5. The van der Waals surface area contributed by atoms with Crippen LogP contribution in [0.1, 0.15) is 17.2 Å². The standard InChI is InChI=1S/C15H16ClNO/c1-11-4-2-7-14(8-11)18-15(10-17)12-5-3-6-13(16)9-12/h2-9,15H,10,17H2,1H3. The van der Waals surface area contributed by atoms with Crippen molar-refractivity contribution in [3.63, 3.8) is 0 Å². The van der Waals surface area contributed by atoms with Gasteiger partial charge >= 0.3 is 0 Å². The first kappa shape index (κ1) is 12.9. The number of benzene rings is 2. The molecule has 0 aliphatic heterocycles. The van der Waals surface area contributed by atoms with E-state index >= 15 is 0 Å². The van der Waals surface area contributed by atoms with Gasteiger partial charge in [-0.1, -0.05) is 35.9 Å². The molecule has 0 radical (unpaired) electrons. The summed E-state index contributed by atoms with van der Waals surface area (Å²) in [5, 5.41) is 0.693. The molecule has 2 rings (SSSR count). The molecule has 0 aliphatic carbocycles. The van der Waals surface area contributed by atoms with Crippen LogP contribution < -0.4 is 10.5 Å². The van der Waals surface area contributed by atoms with Crippen molar-refractivity contribution in [1.29, 1.82) is 0 Å². The second-order valence-corrected chi connectivity index (χ2v) is 4.65. The molecule has 94 valence electrons. The molecular weight excluding hydrogens is 246 g/mol. The van der Waals surface area contributed by atoms with Crippen LogP contribution in [0.25, 0.3) is 0 Å². The fraction of sp³-hybridized carbons (Fsp3) is 0.200. The Labute approximate surface area is 112 Å². The van der Waals surface area contributed by atoms with Gasteiger partial charge in [-0.15, -0.1) is 0 Å². The van der Waals surface area contributed by atoms with Crippen molar-refractivity contribution in [2.75, 3.05) is 6.54 Å². The molecule has 2 aromatic rings. The van der Waals surface area contributed by atoms with Crippen molar-refractivity contribution in [2.45, 2.75) is 13.0 Å². The van der Waals surface area contributed by atoms with Gasteiger partial charge in [0.2, 0.25) is 0 Å². The third kappa shape index (κ3) is 3.25. The van der Waals surface area contributed by atoms with E-state index in [0.717, 1.165) is 16.9 Å². The average Bonchev–Trinajstić information content (AvgIpc) is 2.36. The largest absolute Gasteiger partial charge is 0.484 e. The molecule has 0 aromatic heterocycles. The summed E-state index contributed by atoms with van der Waals surface area (Å²) in [5.74, 6) is 0.824. The maximum atomic E-state index is 5.98. The SMILES string of the molecule is Cc1cccc(OC(CN)c2cccc(Cl)c2)c1. The number of halogens is 1. The van der Waals surface area contributed by atoms with Gasteiger partial charge in [0.15, 0.2) is 0 Å². The number of rotatable bonds is 4. The molecule has 18 heavy (non-hydrogen) atoms. The van der Waals surface area contributed by atoms with E-state index in [1.807, 2.05) is 55.5 Å². The second-order valence-electron chi connectivity index (χ2n) is 4.21. The lowest BCUT2D eigenvalue weighted by Crippen LogP contribution is -2.18. The second kappa shape index (κ2) is 5.89. The molecule has 0 saturated heterocycles. The van der Waals surface area contributed by atoms with E-state index in [9.17, 15) is 0 Å². The Kier molecular flexibility index (Phi) is 4.24. The summed E-state index contributed by atoms with van der Waals surface area (Å²) in [7, 11) is 0. The van der Waals surface area contributed by atoms with Gasteiger partial charge in [0.25, 0.3) is 0 Å². The highest BCUT2D eigenvalue weighted by Gasteiger charge is 2.11. The van der Waals surface area contributed by atoms with Gasteiger partial charge in [0, 0.05) is 11.6 Å². The minimum absolute atomic E-state index is 0.175. The van der Waals surface area contributed by atoms with E-state index in [1.165, 1.54) is 0 Å². The zero-order valence-electron chi connectivity index (χ0n) is 10.3. The summed E-state index contributed by atoms with van der Waals surface area (Å²) >= 11 is 5.98. The predicted octanol–water partition coefficient (Wildman–Crippen LogP) is 3.73. The zero-order chi connectivity index (χ0) is 13.0. The molecular formula is C15H16ClNO. The van der Waals surface area contributed by atoms with Gasteiger partial charge in [0.1, 0.15) is 11.9 Å². The van der Waals surface area contributed by atoms with Crippen LogP contribution in [-0.4, -0.2) is 6.54 Å². The Bertz CT molecular complexity index is 527. The van der Waals surface area contributed by atoms with Crippen molar-refractivity contribution in [3.05, 3.63) is 64.7 Å². The van der Waals surface area contributed by atoms with Crippen molar-refractivity contribution in [3.8, 4) is 5.75 Å². The van der Waals surface area contributed by atoms with Crippen LogP contribution in [0.15, 0.2) is 48.5 Å². The third-order valence-corrected chi connectivity index (χ3v) is 2.94. The highest BCUT2D eigenvalue weighted by Crippen LogP contribution is 2.23.